The topological polar surface area (TPSA) is 73.5 Å². The molecule has 3 rings (SSSR count). The molecule has 0 bridgehead atoms. The third kappa shape index (κ3) is 4.88. The number of nitrogens with zero attached hydrogens (tertiary/aromatic N) is 1. The molecule has 6 nitrogen and oxygen atoms in total. The predicted molar refractivity (Wildman–Crippen MR) is 112 cm³/mol. The van der Waals surface area contributed by atoms with Gasteiger partial charge in [-0.25, -0.2) is 20.0 Å². The summed E-state index contributed by atoms with van der Waals surface area (Å²) in [5, 5.41) is 6.75. The van der Waals surface area contributed by atoms with Gasteiger partial charge in [-0.05, 0) is 55.3 Å². The van der Waals surface area contributed by atoms with Gasteiger partial charge >= 0.3 is 12.1 Å². The zero-order valence-electron chi connectivity index (χ0n) is 15.8. The second-order valence-corrected chi connectivity index (χ2v) is 6.35. The van der Waals surface area contributed by atoms with Gasteiger partial charge in [-0.2, -0.15) is 0 Å². The van der Waals surface area contributed by atoms with Crippen molar-refractivity contribution in [3.8, 4) is 0 Å². The number of hydrogen-bond acceptors (Lipinski definition) is 2. The number of aryl methyl sites for hydroxylation is 2. The summed E-state index contributed by atoms with van der Waals surface area (Å²) in [6, 6.07) is 22.8. The number of carbonyl (C=O) groups is 2. The number of nitrogens with one attached hydrogen (secondary N) is 3. The number of hydrazine groups is 1. The maximum absolute atomic E-state index is 12.9. The quantitative estimate of drug-likeness (QED) is 0.560. The monoisotopic (exact) mass is 374 g/mol. The molecular weight excluding hydrogens is 352 g/mol. The lowest BCUT2D eigenvalue weighted by Crippen LogP contribution is -2.50. The van der Waals surface area contributed by atoms with Gasteiger partial charge in [0.2, 0.25) is 0 Å². The number of amides is 4. The first-order valence-corrected chi connectivity index (χ1v) is 8.89. The normalized spacial score (nSPS) is 10.1. The summed E-state index contributed by atoms with van der Waals surface area (Å²) in [6.45, 7) is 3.84. The maximum Gasteiger partial charge on any atom is 0.345 e. The van der Waals surface area contributed by atoms with E-state index in [1.807, 2.05) is 62.4 Å². The fourth-order valence-corrected chi connectivity index (χ4v) is 2.68. The standard InChI is InChI=1S/C22H22N4O2/c1-16-9-8-11-18(15-16)23-21(27)25-26(19-12-4-3-5-13-19)22(28)24-20-14-7-6-10-17(20)2/h3-15H,1-2H3,(H,24,28)(H2,23,25,27). The summed E-state index contributed by atoms with van der Waals surface area (Å²) in [6.07, 6.45) is 0. The van der Waals surface area contributed by atoms with Crippen molar-refractivity contribution in [1.82, 2.24) is 5.43 Å². The molecule has 3 aromatic rings. The highest BCUT2D eigenvalue weighted by Crippen LogP contribution is 2.17. The van der Waals surface area contributed by atoms with E-state index in [4.69, 9.17) is 0 Å². The van der Waals surface area contributed by atoms with Crippen molar-refractivity contribution < 1.29 is 9.59 Å². The van der Waals surface area contributed by atoms with Crippen LogP contribution in [0.2, 0.25) is 0 Å². The molecule has 6 heteroatoms. The van der Waals surface area contributed by atoms with E-state index < -0.39 is 12.1 Å². The van der Waals surface area contributed by atoms with Gasteiger partial charge in [0, 0.05) is 11.4 Å². The number of hydrogen-bond donors (Lipinski definition) is 3. The molecule has 3 N–H and O–H groups in total. The van der Waals surface area contributed by atoms with Crippen LogP contribution < -0.4 is 21.1 Å². The predicted octanol–water partition coefficient (Wildman–Crippen LogP) is 5.08. The third-order valence-corrected chi connectivity index (χ3v) is 4.09. The first kappa shape index (κ1) is 19.0. The first-order chi connectivity index (χ1) is 13.5. The summed E-state index contributed by atoms with van der Waals surface area (Å²) in [7, 11) is 0. The van der Waals surface area contributed by atoms with E-state index in [-0.39, 0.29) is 0 Å². The molecule has 142 valence electrons. The zero-order valence-corrected chi connectivity index (χ0v) is 15.8. The Balaban J connectivity index is 1.78. The van der Waals surface area contributed by atoms with Gasteiger partial charge in [-0.3, -0.25) is 0 Å². The molecule has 0 aliphatic rings. The molecule has 28 heavy (non-hydrogen) atoms. The van der Waals surface area contributed by atoms with Crippen molar-refractivity contribution in [2.75, 3.05) is 15.6 Å². The van der Waals surface area contributed by atoms with E-state index in [2.05, 4.69) is 16.1 Å². The Labute approximate surface area is 164 Å². The summed E-state index contributed by atoms with van der Waals surface area (Å²) in [5.41, 5.74) is 6.41. The van der Waals surface area contributed by atoms with Crippen LogP contribution in [-0.2, 0) is 0 Å². The molecule has 4 amide bonds. The number of anilines is 3. The van der Waals surface area contributed by atoms with Crippen LogP contribution in [0.1, 0.15) is 11.1 Å². The van der Waals surface area contributed by atoms with Crippen molar-refractivity contribution >= 4 is 29.1 Å². The van der Waals surface area contributed by atoms with Gasteiger partial charge in [0.1, 0.15) is 0 Å². The van der Waals surface area contributed by atoms with Crippen LogP contribution in [0, 0.1) is 13.8 Å². The number of benzene rings is 3. The second-order valence-electron chi connectivity index (χ2n) is 6.35. The molecule has 0 unspecified atom stereocenters. The average Bonchev–Trinajstić information content (AvgIpc) is 2.68. The van der Waals surface area contributed by atoms with Crippen LogP contribution in [0.25, 0.3) is 0 Å². The van der Waals surface area contributed by atoms with Crippen LogP contribution in [0.4, 0.5) is 26.7 Å². The van der Waals surface area contributed by atoms with E-state index in [0.29, 0.717) is 17.1 Å². The molecule has 0 aromatic heterocycles. The van der Waals surface area contributed by atoms with Crippen molar-refractivity contribution in [3.63, 3.8) is 0 Å². The Morgan fingerprint density at radius 1 is 0.786 bits per heavy atom. The van der Waals surface area contributed by atoms with Crippen molar-refractivity contribution in [2.45, 2.75) is 13.8 Å². The third-order valence-electron chi connectivity index (χ3n) is 4.09. The molecule has 0 fully saturated rings. The van der Waals surface area contributed by atoms with Gasteiger partial charge in [-0.1, -0.05) is 48.5 Å². The van der Waals surface area contributed by atoms with Gasteiger partial charge in [-0.15, -0.1) is 0 Å². The minimum atomic E-state index is -0.519. The number of para-hydroxylation sites is 2. The van der Waals surface area contributed by atoms with Crippen LogP contribution in [0.3, 0.4) is 0 Å². The molecule has 3 aromatic carbocycles. The van der Waals surface area contributed by atoms with Crippen LogP contribution >= 0.6 is 0 Å². The number of urea groups is 2. The first-order valence-electron chi connectivity index (χ1n) is 8.89. The van der Waals surface area contributed by atoms with Gasteiger partial charge in [0.05, 0.1) is 5.69 Å². The average molecular weight is 374 g/mol. The van der Waals surface area contributed by atoms with E-state index in [1.165, 1.54) is 5.01 Å². The highest BCUT2D eigenvalue weighted by molar-refractivity contribution is 6.04. The number of rotatable bonds is 3. The fourth-order valence-electron chi connectivity index (χ4n) is 2.68. The molecule has 0 saturated carbocycles. The van der Waals surface area contributed by atoms with E-state index in [9.17, 15) is 9.59 Å². The Hall–Kier alpha value is -3.80. The summed E-state index contributed by atoms with van der Waals surface area (Å²) < 4.78 is 0. The van der Waals surface area contributed by atoms with Gasteiger partial charge in [0.25, 0.3) is 0 Å². The minimum absolute atomic E-state index is 0.472. The molecule has 0 heterocycles. The van der Waals surface area contributed by atoms with Crippen molar-refractivity contribution in [1.29, 1.82) is 0 Å². The molecule has 0 radical (unpaired) electrons. The molecule has 0 atom stereocenters. The van der Waals surface area contributed by atoms with E-state index in [0.717, 1.165) is 11.1 Å². The zero-order chi connectivity index (χ0) is 19.9. The fraction of sp³-hybridized carbons (Fsp3) is 0.0909. The summed E-state index contributed by atoms with van der Waals surface area (Å²) in [5.74, 6) is 0. The lowest BCUT2D eigenvalue weighted by Gasteiger charge is -2.24. The smallest absolute Gasteiger partial charge is 0.307 e. The lowest BCUT2D eigenvalue weighted by atomic mass is 10.2. The van der Waals surface area contributed by atoms with Crippen molar-refractivity contribution in [3.05, 3.63) is 90.0 Å². The second kappa shape index (κ2) is 8.73. The Bertz CT molecular complexity index is 973. The summed E-state index contributed by atoms with van der Waals surface area (Å²) >= 11 is 0. The van der Waals surface area contributed by atoms with Crippen LogP contribution in [0.5, 0.6) is 0 Å². The minimum Gasteiger partial charge on any atom is -0.307 e. The van der Waals surface area contributed by atoms with Crippen molar-refractivity contribution in [2.24, 2.45) is 0 Å². The largest absolute Gasteiger partial charge is 0.345 e. The maximum atomic E-state index is 12.9. The van der Waals surface area contributed by atoms with Crippen LogP contribution in [-0.4, -0.2) is 12.1 Å². The molecule has 0 aliphatic heterocycles. The molecule has 0 spiro atoms. The van der Waals surface area contributed by atoms with Crippen LogP contribution in [0.15, 0.2) is 78.9 Å². The SMILES string of the molecule is Cc1cccc(NC(=O)NN(C(=O)Nc2ccccc2C)c2ccccc2)c1. The van der Waals surface area contributed by atoms with E-state index >= 15 is 0 Å². The van der Waals surface area contributed by atoms with E-state index in [1.54, 1.807) is 30.3 Å². The lowest BCUT2D eigenvalue weighted by molar-refractivity contribution is 0.243. The van der Waals surface area contributed by atoms with Gasteiger partial charge < -0.3 is 10.6 Å². The van der Waals surface area contributed by atoms with Gasteiger partial charge in [0.15, 0.2) is 0 Å². The molecular formula is C22H22N4O2. The number of carbonyl (C=O) groups excluding carboxylic acids is 2. The molecule has 0 saturated heterocycles. The summed E-state index contributed by atoms with van der Waals surface area (Å²) in [4.78, 5) is 25.4. The highest BCUT2D eigenvalue weighted by Gasteiger charge is 2.19. The Kier molecular flexibility index (Phi) is 5.91. The highest BCUT2D eigenvalue weighted by atomic mass is 16.2. The molecule has 0 aliphatic carbocycles. The Morgan fingerprint density at radius 3 is 2.21 bits per heavy atom. The Morgan fingerprint density at radius 2 is 1.50 bits per heavy atom.